The summed E-state index contributed by atoms with van der Waals surface area (Å²) in [5.74, 6) is -0.0707. The third-order valence-corrected chi connectivity index (χ3v) is 4.71. The van der Waals surface area contributed by atoms with Gasteiger partial charge < -0.3 is 10.4 Å². The molecule has 6 heteroatoms. The summed E-state index contributed by atoms with van der Waals surface area (Å²) in [6.45, 7) is 0.252. The number of amides is 1. The van der Waals surface area contributed by atoms with Crippen LogP contribution in [-0.2, 0) is 11.2 Å². The minimum Gasteiger partial charge on any atom is -0.387 e. The van der Waals surface area contributed by atoms with E-state index in [1.165, 1.54) is 11.3 Å². The van der Waals surface area contributed by atoms with Gasteiger partial charge in [0.15, 0.2) is 0 Å². The first-order valence-electron chi connectivity index (χ1n) is 5.36. The lowest BCUT2D eigenvalue weighted by molar-refractivity contribution is -0.120. The minimum atomic E-state index is -0.629. The van der Waals surface area contributed by atoms with Crippen molar-refractivity contribution in [3.63, 3.8) is 0 Å². The van der Waals surface area contributed by atoms with Gasteiger partial charge in [-0.15, -0.1) is 11.3 Å². The molecular weight excluding hydrogens is 334 g/mol. The summed E-state index contributed by atoms with van der Waals surface area (Å²) in [6, 6.07) is 5.70. The highest BCUT2D eigenvalue weighted by Crippen LogP contribution is 2.22. The van der Waals surface area contributed by atoms with Gasteiger partial charge in [0.25, 0.3) is 0 Å². The van der Waals surface area contributed by atoms with E-state index < -0.39 is 6.10 Å². The number of hydrogen-bond donors (Lipinski definition) is 2. The van der Waals surface area contributed by atoms with Gasteiger partial charge in [-0.2, -0.15) is 11.3 Å². The van der Waals surface area contributed by atoms with E-state index >= 15 is 0 Å². The predicted octanol–water partition coefficient (Wildman–Crippen LogP) is 2.96. The highest BCUT2D eigenvalue weighted by Gasteiger charge is 2.10. The molecule has 2 aromatic heterocycles. The first kappa shape index (κ1) is 13.7. The fraction of sp³-hybridized carbons (Fsp3) is 0.250. The van der Waals surface area contributed by atoms with Crippen molar-refractivity contribution < 1.29 is 9.90 Å². The lowest BCUT2D eigenvalue weighted by Crippen LogP contribution is -2.29. The zero-order valence-corrected chi connectivity index (χ0v) is 12.6. The molecule has 0 spiro atoms. The molecule has 2 N–H and O–H groups in total. The molecule has 1 amide bonds. The number of thiophene rings is 2. The Hall–Kier alpha value is -0.690. The number of halogens is 1. The number of hydrogen-bond acceptors (Lipinski definition) is 4. The van der Waals surface area contributed by atoms with Crippen LogP contribution < -0.4 is 5.32 Å². The van der Waals surface area contributed by atoms with Gasteiger partial charge in [-0.05, 0) is 50.5 Å². The van der Waals surface area contributed by atoms with Crippen LogP contribution in [0.4, 0.5) is 0 Å². The second-order valence-electron chi connectivity index (χ2n) is 3.76. The summed E-state index contributed by atoms with van der Waals surface area (Å²) in [5.41, 5.74) is 0.846. The van der Waals surface area contributed by atoms with Crippen molar-refractivity contribution in [2.75, 3.05) is 6.54 Å². The smallest absolute Gasteiger partial charge is 0.225 e. The van der Waals surface area contributed by atoms with Gasteiger partial charge in [0.2, 0.25) is 5.91 Å². The molecule has 2 aromatic rings. The maximum Gasteiger partial charge on any atom is 0.225 e. The monoisotopic (exact) mass is 345 g/mol. The van der Waals surface area contributed by atoms with Crippen molar-refractivity contribution in [3.8, 4) is 0 Å². The van der Waals surface area contributed by atoms with E-state index in [4.69, 9.17) is 0 Å². The molecule has 0 aliphatic heterocycles. The average Bonchev–Trinajstić information content (AvgIpc) is 2.97. The van der Waals surface area contributed by atoms with Crippen molar-refractivity contribution in [2.45, 2.75) is 12.5 Å². The molecule has 1 atom stereocenters. The molecular formula is C12H12BrNO2S2. The number of carbonyl (C=O) groups excluding carboxylic acids is 1. The summed E-state index contributed by atoms with van der Waals surface area (Å²) in [6.07, 6.45) is -0.276. The molecule has 2 rings (SSSR count). The highest BCUT2D eigenvalue weighted by atomic mass is 79.9. The highest BCUT2D eigenvalue weighted by molar-refractivity contribution is 9.11. The lowest BCUT2D eigenvalue weighted by Gasteiger charge is -2.10. The molecule has 0 fully saturated rings. The fourth-order valence-electron chi connectivity index (χ4n) is 1.46. The van der Waals surface area contributed by atoms with Crippen molar-refractivity contribution in [1.82, 2.24) is 5.32 Å². The Morgan fingerprint density at radius 3 is 2.89 bits per heavy atom. The summed E-state index contributed by atoms with van der Waals surface area (Å²) >= 11 is 6.43. The number of carbonyl (C=O) groups is 1. The summed E-state index contributed by atoms with van der Waals surface area (Å²) in [7, 11) is 0. The van der Waals surface area contributed by atoms with Crippen LogP contribution in [0.5, 0.6) is 0 Å². The third kappa shape index (κ3) is 3.91. The van der Waals surface area contributed by atoms with Gasteiger partial charge in [-0.25, -0.2) is 0 Å². The molecule has 18 heavy (non-hydrogen) atoms. The quantitative estimate of drug-likeness (QED) is 0.875. The summed E-state index contributed by atoms with van der Waals surface area (Å²) in [5, 5.41) is 16.3. The van der Waals surface area contributed by atoms with Crippen LogP contribution in [0.1, 0.15) is 16.5 Å². The Morgan fingerprint density at radius 1 is 1.44 bits per heavy atom. The van der Waals surface area contributed by atoms with Crippen molar-refractivity contribution in [2.24, 2.45) is 0 Å². The van der Waals surface area contributed by atoms with E-state index in [0.717, 1.165) is 14.2 Å². The second-order valence-corrected chi connectivity index (χ2v) is 7.09. The first-order valence-corrected chi connectivity index (χ1v) is 7.91. The molecule has 0 aromatic carbocycles. The SMILES string of the molecule is O=C(Cc1ccc(Br)s1)NCC(O)c1ccsc1. The van der Waals surface area contributed by atoms with E-state index in [1.54, 1.807) is 11.3 Å². The zero-order valence-electron chi connectivity index (χ0n) is 9.43. The average molecular weight is 346 g/mol. The number of aliphatic hydroxyl groups is 1. The molecule has 0 saturated carbocycles. The molecule has 0 aliphatic carbocycles. The zero-order chi connectivity index (χ0) is 13.0. The molecule has 0 saturated heterocycles. The molecule has 2 heterocycles. The fourth-order valence-corrected chi connectivity index (χ4v) is 3.65. The van der Waals surface area contributed by atoms with Crippen LogP contribution >= 0.6 is 38.6 Å². The van der Waals surface area contributed by atoms with Gasteiger partial charge in [0, 0.05) is 11.4 Å². The van der Waals surface area contributed by atoms with Crippen LogP contribution in [0, 0.1) is 0 Å². The van der Waals surface area contributed by atoms with Gasteiger partial charge in [0.1, 0.15) is 0 Å². The maximum atomic E-state index is 11.7. The molecule has 1 unspecified atom stereocenters. The molecule has 96 valence electrons. The van der Waals surface area contributed by atoms with Crippen LogP contribution in [0.25, 0.3) is 0 Å². The molecule has 3 nitrogen and oxygen atoms in total. The van der Waals surface area contributed by atoms with Crippen molar-refractivity contribution >= 4 is 44.5 Å². The van der Waals surface area contributed by atoms with Crippen LogP contribution in [0.3, 0.4) is 0 Å². The van der Waals surface area contributed by atoms with Gasteiger partial charge in [-0.3, -0.25) is 4.79 Å². The lowest BCUT2D eigenvalue weighted by atomic mass is 10.2. The van der Waals surface area contributed by atoms with Crippen molar-refractivity contribution in [1.29, 1.82) is 0 Å². The standard InChI is InChI=1S/C12H12BrNO2S2/c13-11-2-1-9(18-11)5-12(16)14-6-10(15)8-3-4-17-7-8/h1-4,7,10,15H,5-6H2,(H,14,16). The van der Waals surface area contributed by atoms with Crippen LogP contribution in [-0.4, -0.2) is 17.6 Å². The maximum absolute atomic E-state index is 11.7. The van der Waals surface area contributed by atoms with E-state index in [0.29, 0.717) is 6.42 Å². The topological polar surface area (TPSA) is 49.3 Å². The Morgan fingerprint density at radius 2 is 2.28 bits per heavy atom. The van der Waals surface area contributed by atoms with E-state index in [9.17, 15) is 9.90 Å². The third-order valence-electron chi connectivity index (χ3n) is 2.38. The van der Waals surface area contributed by atoms with E-state index in [1.807, 2.05) is 29.0 Å². The number of aliphatic hydroxyl groups excluding tert-OH is 1. The van der Waals surface area contributed by atoms with E-state index in [-0.39, 0.29) is 12.5 Å². The Labute approximate surface area is 122 Å². The molecule has 0 bridgehead atoms. The molecule has 0 radical (unpaired) electrons. The van der Waals surface area contributed by atoms with Crippen LogP contribution in [0.15, 0.2) is 32.7 Å². The predicted molar refractivity (Wildman–Crippen MR) is 78.0 cm³/mol. The number of nitrogens with one attached hydrogen (secondary N) is 1. The van der Waals surface area contributed by atoms with Gasteiger partial charge >= 0.3 is 0 Å². The largest absolute Gasteiger partial charge is 0.387 e. The Kier molecular flexibility index (Phi) is 4.94. The van der Waals surface area contributed by atoms with Gasteiger partial charge in [-0.1, -0.05) is 0 Å². The first-order chi connectivity index (χ1) is 8.65. The Bertz CT molecular complexity index is 510. The second kappa shape index (κ2) is 6.47. The summed E-state index contributed by atoms with van der Waals surface area (Å²) < 4.78 is 1.02. The molecule has 0 aliphatic rings. The van der Waals surface area contributed by atoms with E-state index in [2.05, 4.69) is 21.2 Å². The normalized spacial score (nSPS) is 12.3. The van der Waals surface area contributed by atoms with Crippen LogP contribution in [0.2, 0.25) is 0 Å². The number of rotatable bonds is 5. The minimum absolute atomic E-state index is 0.0707. The van der Waals surface area contributed by atoms with Crippen molar-refractivity contribution in [3.05, 3.63) is 43.2 Å². The van der Waals surface area contributed by atoms with Gasteiger partial charge in [0.05, 0.1) is 16.3 Å². The summed E-state index contributed by atoms with van der Waals surface area (Å²) in [4.78, 5) is 12.7. The Balaban J connectivity index is 1.78.